The number of aliphatic hydroxyl groups excluding tert-OH is 1. The number of rotatable bonds is 4. The SMILES string of the molecule is O=C(N1CCC(N2CCC(O)C2)C1)C1(c2cccc(OC(F)(F)F)c2)CCC1. The molecule has 154 valence electrons. The molecule has 2 saturated heterocycles. The third kappa shape index (κ3) is 3.72. The lowest BCUT2D eigenvalue weighted by Crippen LogP contribution is -2.51. The quantitative estimate of drug-likeness (QED) is 0.847. The molecule has 8 heteroatoms. The molecule has 5 nitrogen and oxygen atoms in total. The summed E-state index contributed by atoms with van der Waals surface area (Å²) in [6.07, 6.45) is -1.25. The van der Waals surface area contributed by atoms with E-state index in [0.29, 0.717) is 38.0 Å². The lowest BCUT2D eigenvalue weighted by Gasteiger charge is -2.43. The lowest BCUT2D eigenvalue weighted by molar-refractivity contribution is -0.274. The fraction of sp³-hybridized carbons (Fsp3) is 0.650. The fourth-order valence-electron chi connectivity index (χ4n) is 4.77. The molecule has 1 saturated carbocycles. The zero-order chi connectivity index (χ0) is 19.9. The Morgan fingerprint density at radius 3 is 2.57 bits per heavy atom. The molecule has 3 fully saturated rings. The van der Waals surface area contributed by atoms with Gasteiger partial charge in [0, 0.05) is 32.2 Å². The molecule has 2 aliphatic heterocycles. The zero-order valence-corrected chi connectivity index (χ0v) is 15.6. The highest BCUT2D eigenvalue weighted by Crippen LogP contribution is 2.46. The highest BCUT2D eigenvalue weighted by molar-refractivity contribution is 5.89. The summed E-state index contributed by atoms with van der Waals surface area (Å²) in [5, 5.41) is 9.75. The van der Waals surface area contributed by atoms with Gasteiger partial charge in [-0.25, -0.2) is 0 Å². The first kappa shape index (κ1) is 19.5. The van der Waals surface area contributed by atoms with Gasteiger partial charge in [0.05, 0.1) is 11.5 Å². The van der Waals surface area contributed by atoms with Crippen LogP contribution in [0.25, 0.3) is 0 Å². The summed E-state index contributed by atoms with van der Waals surface area (Å²) in [6.45, 7) is 2.76. The molecule has 1 aliphatic carbocycles. The number of likely N-dealkylation sites (tertiary alicyclic amines) is 2. The smallest absolute Gasteiger partial charge is 0.406 e. The molecule has 0 aromatic heterocycles. The van der Waals surface area contributed by atoms with Crippen molar-refractivity contribution in [3.05, 3.63) is 29.8 Å². The van der Waals surface area contributed by atoms with Gasteiger partial charge in [0.25, 0.3) is 0 Å². The van der Waals surface area contributed by atoms with Crippen molar-refractivity contribution in [2.45, 2.75) is 56.0 Å². The summed E-state index contributed by atoms with van der Waals surface area (Å²) in [5.74, 6) is -0.278. The Labute approximate surface area is 162 Å². The maximum atomic E-state index is 13.4. The molecule has 1 N–H and O–H groups in total. The van der Waals surface area contributed by atoms with Crippen molar-refractivity contribution in [3.8, 4) is 5.75 Å². The van der Waals surface area contributed by atoms with Gasteiger partial charge in [0.2, 0.25) is 5.91 Å². The van der Waals surface area contributed by atoms with Crippen molar-refractivity contribution in [1.29, 1.82) is 0 Å². The first-order valence-corrected chi connectivity index (χ1v) is 9.85. The number of β-amino-alcohol motifs (C(OH)–C–C–N with tert-alkyl or cyclic N) is 1. The van der Waals surface area contributed by atoms with Crippen LogP contribution in [0, 0.1) is 0 Å². The number of ether oxygens (including phenoxy) is 1. The van der Waals surface area contributed by atoms with Crippen LogP contribution >= 0.6 is 0 Å². The Morgan fingerprint density at radius 1 is 1.18 bits per heavy atom. The minimum Gasteiger partial charge on any atom is -0.406 e. The summed E-state index contributed by atoms with van der Waals surface area (Å²) in [7, 11) is 0. The topological polar surface area (TPSA) is 53.0 Å². The van der Waals surface area contributed by atoms with Crippen molar-refractivity contribution in [3.63, 3.8) is 0 Å². The number of carbonyl (C=O) groups is 1. The van der Waals surface area contributed by atoms with Gasteiger partial charge < -0.3 is 14.7 Å². The molecule has 4 rings (SSSR count). The molecule has 1 aromatic rings. The van der Waals surface area contributed by atoms with Crippen LogP contribution in [0.2, 0.25) is 0 Å². The molecule has 0 spiro atoms. The second kappa shape index (κ2) is 7.22. The van der Waals surface area contributed by atoms with Crippen molar-refractivity contribution >= 4 is 5.91 Å². The van der Waals surface area contributed by atoms with E-state index in [0.717, 1.165) is 25.8 Å². The number of amides is 1. The average Bonchev–Trinajstić information content (AvgIpc) is 3.21. The highest BCUT2D eigenvalue weighted by Gasteiger charge is 2.49. The van der Waals surface area contributed by atoms with Crippen molar-refractivity contribution < 1.29 is 27.8 Å². The van der Waals surface area contributed by atoms with Crippen LogP contribution < -0.4 is 4.74 Å². The molecule has 0 bridgehead atoms. The van der Waals surface area contributed by atoms with E-state index < -0.39 is 11.8 Å². The number of benzene rings is 1. The number of nitrogens with zero attached hydrogens (tertiary/aromatic N) is 2. The van der Waals surface area contributed by atoms with Gasteiger partial charge in [-0.15, -0.1) is 13.2 Å². The average molecular weight is 398 g/mol. The molecule has 2 unspecified atom stereocenters. The van der Waals surface area contributed by atoms with E-state index in [1.54, 1.807) is 6.07 Å². The van der Waals surface area contributed by atoms with E-state index in [-0.39, 0.29) is 23.8 Å². The van der Waals surface area contributed by atoms with E-state index >= 15 is 0 Å². The summed E-state index contributed by atoms with van der Waals surface area (Å²) < 4.78 is 41.8. The Balaban J connectivity index is 1.49. The summed E-state index contributed by atoms with van der Waals surface area (Å²) >= 11 is 0. The van der Waals surface area contributed by atoms with E-state index in [2.05, 4.69) is 9.64 Å². The number of carbonyl (C=O) groups excluding carboxylic acids is 1. The van der Waals surface area contributed by atoms with Crippen LogP contribution in [0.5, 0.6) is 5.75 Å². The second-order valence-corrected chi connectivity index (χ2v) is 8.14. The third-order valence-corrected chi connectivity index (χ3v) is 6.40. The lowest BCUT2D eigenvalue weighted by atomic mass is 9.63. The fourth-order valence-corrected chi connectivity index (χ4v) is 4.77. The normalized spacial score (nSPS) is 27.6. The van der Waals surface area contributed by atoms with Gasteiger partial charge in [0.1, 0.15) is 5.75 Å². The molecule has 1 aromatic carbocycles. The van der Waals surface area contributed by atoms with Crippen LogP contribution in [-0.2, 0) is 10.2 Å². The van der Waals surface area contributed by atoms with E-state index in [9.17, 15) is 23.1 Å². The molecular weight excluding hydrogens is 373 g/mol. The zero-order valence-electron chi connectivity index (χ0n) is 15.6. The summed E-state index contributed by atoms with van der Waals surface area (Å²) in [6, 6.07) is 6.11. The van der Waals surface area contributed by atoms with E-state index in [1.807, 2.05) is 4.90 Å². The first-order chi connectivity index (χ1) is 13.3. The van der Waals surface area contributed by atoms with Crippen LogP contribution in [0.4, 0.5) is 13.2 Å². The van der Waals surface area contributed by atoms with Gasteiger partial charge >= 0.3 is 6.36 Å². The monoisotopic (exact) mass is 398 g/mol. The Morgan fingerprint density at radius 2 is 1.96 bits per heavy atom. The van der Waals surface area contributed by atoms with Crippen molar-refractivity contribution in [2.75, 3.05) is 26.2 Å². The highest BCUT2D eigenvalue weighted by atomic mass is 19.4. The number of halogens is 3. The van der Waals surface area contributed by atoms with Gasteiger partial charge in [-0.1, -0.05) is 18.6 Å². The van der Waals surface area contributed by atoms with Gasteiger partial charge in [0.15, 0.2) is 0 Å². The molecule has 0 radical (unpaired) electrons. The van der Waals surface area contributed by atoms with Crippen molar-refractivity contribution in [1.82, 2.24) is 9.80 Å². The minimum atomic E-state index is -4.75. The molecule has 2 atom stereocenters. The number of aliphatic hydroxyl groups is 1. The van der Waals surface area contributed by atoms with Gasteiger partial charge in [-0.2, -0.15) is 0 Å². The Bertz CT molecular complexity index is 736. The predicted molar refractivity (Wildman–Crippen MR) is 95.8 cm³/mol. The molecule has 2 heterocycles. The second-order valence-electron chi connectivity index (χ2n) is 8.14. The number of hydrogen-bond acceptors (Lipinski definition) is 4. The van der Waals surface area contributed by atoms with Crippen LogP contribution in [0.1, 0.15) is 37.7 Å². The van der Waals surface area contributed by atoms with Crippen molar-refractivity contribution in [2.24, 2.45) is 0 Å². The molecule has 3 aliphatic rings. The van der Waals surface area contributed by atoms with Crippen LogP contribution in [-0.4, -0.2) is 65.5 Å². The Kier molecular flexibility index (Phi) is 5.03. The van der Waals surface area contributed by atoms with E-state index in [4.69, 9.17) is 0 Å². The maximum Gasteiger partial charge on any atom is 0.573 e. The summed E-state index contributed by atoms with van der Waals surface area (Å²) in [5.41, 5.74) is -0.143. The van der Waals surface area contributed by atoms with Crippen LogP contribution in [0.15, 0.2) is 24.3 Å². The summed E-state index contributed by atoms with van der Waals surface area (Å²) in [4.78, 5) is 17.5. The number of alkyl halides is 3. The maximum absolute atomic E-state index is 13.4. The Hall–Kier alpha value is -1.80. The predicted octanol–water partition coefficient (Wildman–Crippen LogP) is 2.67. The van der Waals surface area contributed by atoms with Gasteiger partial charge in [-0.3, -0.25) is 9.69 Å². The molecular formula is C20H25F3N2O3. The standard InChI is InChI=1S/C20H25F3N2O3/c21-20(22,23)28-17-4-1-3-14(11-17)19(7-2-8-19)18(27)25-9-5-15(12-25)24-10-6-16(26)13-24/h1,3-4,11,15-16,26H,2,5-10,12-13H2. The third-order valence-electron chi connectivity index (χ3n) is 6.40. The molecule has 28 heavy (non-hydrogen) atoms. The first-order valence-electron chi connectivity index (χ1n) is 9.85. The van der Waals surface area contributed by atoms with Gasteiger partial charge in [-0.05, 0) is 43.4 Å². The van der Waals surface area contributed by atoms with E-state index in [1.165, 1.54) is 18.2 Å². The largest absolute Gasteiger partial charge is 0.573 e. The minimum absolute atomic E-state index is 0.00477. The number of hydrogen-bond donors (Lipinski definition) is 1. The molecule has 1 amide bonds. The van der Waals surface area contributed by atoms with Crippen LogP contribution in [0.3, 0.4) is 0 Å².